The molecule has 0 aromatic heterocycles. The highest BCUT2D eigenvalue weighted by atomic mass is 19.4. The lowest BCUT2D eigenvalue weighted by Gasteiger charge is -2.47. The van der Waals surface area contributed by atoms with Crippen molar-refractivity contribution in [2.75, 3.05) is 32.8 Å². The number of carbonyl (C=O) groups excluding carboxylic acids is 1. The second kappa shape index (κ2) is 11.6. The van der Waals surface area contributed by atoms with Gasteiger partial charge in [0.1, 0.15) is 17.5 Å². The molecular weight excluding hydrogens is 574 g/mol. The minimum atomic E-state index is -4.50. The summed E-state index contributed by atoms with van der Waals surface area (Å²) in [6, 6.07) is 11.3. The lowest BCUT2D eigenvalue weighted by atomic mass is 9.68. The van der Waals surface area contributed by atoms with Crippen molar-refractivity contribution in [1.29, 1.82) is 0 Å². The van der Waals surface area contributed by atoms with Crippen LogP contribution in [-0.4, -0.2) is 61.8 Å². The summed E-state index contributed by atoms with van der Waals surface area (Å²) >= 11 is 0. The van der Waals surface area contributed by atoms with Gasteiger partial charge in [0, 0.05) is 31.0 Å². The van der Waals surface area contributed by atoms with Gasteiger partial charge in [-0.3, -0.25) is 4.79 Å². The van der Waals surface area contributed by atoms with E-state index in [1.54, 1.807) is 24.3 Å². The molecule has 3 fully saturated rings. The quantitative estimate of drug-likeness (QED) is 0.466. The molecular formula is C32H37F6N2O3+. The maximum Gasteiger partial charge on any atom is 0.422 e. The molecule has 1 spiro atoms. The minimum Gasteiger partial charge on any atom is -0.484 e. The Morgan fingerprint density at radius 1 is 1.07 bits per heavy atom. The molecule has 3 heterocycles. The van der Waals surface area contributed by atoms with Gasteiger partial charge in [0.25, 0.3) is 0 Å². The smallest absolute Gasteiger partial charge is 0.422 e. The Kier molecular flexibility index (Phi) is 8.17. The number of piperidine rings is 1. The zero-order valence-electron chi connectivity index (χ0n) is 23.9. The predicted molar refractivity (Wildman–Crippen MR) is 145 cm³/mol. The van der Waals surface area contributed by atoms with Crippen molar-refractivity contribution in [3.05, 3.63) is 65.0 Å². The molecule has 43 heavy (non-hydrogen) atoms. The van der Waals surface area contributed by atoms with Gasteiger partial charge in [-0.05, 0) is 60.8 Å². The van der Waals surface area contributed by atoms with E-state index in [1.807, 2.05) is 16.3 Å². The third-order valence-electron chi connectivity index (χ3n) is 10.1. The molecule has 0 bridgehead atoms. The number of benzene rings is 2. The average molecular weight is 612 g/mol. The number of nitrogens with zero attached hydrogens (tertiary/aromatic N) is 1. The van der Waals surface area contributed by atoms with E-state index < -0.39 is 30.0 Å². The third-order valence-corrected chi connectivity index (χ3v) is 10.1. The van der Waals surface area contributed by atoms with E-state index in [0.717, 1.165) is 5.56 Å². The number of quaternary nitrogens is 1. The van der Waals surface area contributed by atoms with Crippen LogP contribution in [0.4, 0.5) is 26.3 Å². The maximum absolute atomic E-state index is 14.8. The number of rotatable bonds is 5. The molecule has 234 valence electrons. The molecule has 4 aliphatic rings. The Morgan fingerprint density at radius 3 is 2.58 bits per heavy atom. The molecule has 2 N–H and O–H groups in total. The molecule has 11 heteroatoms. The van der Waals surface area contributed by atoms with Crippen molar-refractivity contribution in [2.24, 2.45) is 11.8 Å². The van der Waals surface area contributed by atoms with Gasteiger partial charge in [-0.15, -0.1) is 0 Å². The van der Waals surface area contributed by atoms with Crippen LogP contribution in [0.2, 0.25) is 0 Å². The van der Waals surface area contributed by atoms with Crippen molar-refractivity contribution in [2.45, 2.75) is 74.6 Å². The molecule has 1 amide bonds. The average Bonchev–Trinajstić information content (AvgIpc) is 3.39. The van der Waals surface area contributed by atoms with Crippen molar-refractivity contribution >= 4 is 5.91 Å². The number of nitrogens with two attached hydrogens (primary N) is 1. The Hall–Kier alpha value is -2.79. The predicted octanol–water partition coefficient (Wildman–Crippen LogP) is 5.33. The fraction of sp³-hybridized carbons (Fsp3) is 0.594. The first-order valence-corrected chi connectivity index (χ1v) is 15.1. The summed E-state index contributed by atoms with van der Waals surface area (Å²) in [5.74, 6) is -3.80. The molecule has 5 nitrogen and oxygen atoms in total. The standard InChI is InChI=1S/C32H36F6N2O3/c33-26-6-2-1-4-22(26)21-10-13-40(27(14-21)20-8-11-31(34,35)12-9-20)29(41)25-15-39-17-30(25)18-42-16-23-24(30)5-3-7-28(23)43-19-32(36,37)38/h1-7,20-21,25,27,39H,8-19H2/p+1/t21-,25+,27?,30-/m1/s1. The number of halogens is 6. The Labute approximate surface area is 246 Å². The fourth-order valence-corrected chi connectivity index (χ4v) is 8.01. The highest BCUT2D eigenvalue weighted by molar-refractivity contribution is 5.82. The topological polar surface area (TPSA) is 55.4 Å². The highest BCUT2D eigenvalue weighted by Crippen LogP contribution is 2.47. The normalized spacial score (nSPS) is 29.4. The lowest BCUT2D eigenvalue weighted by molar-refractivity contribution is -0.640. The number of likely N-dealkylation sites (tertiary alicyclic amines) is 1. The number of amides is 1. The number of hydrogen-bond donors (Lipinski definition) is 1. The second-order valence-electron chi connectivity index (χ2n) is 12.7. The van der Waals surface area contributed by atoms with E-state index in [4.69, 9.17) is 9.47 Å². The summed E-state index contributed by atoms with van der Waals surface area (Å²) in [6.07, 6.45) is -3.33. The van der Waals surface area contributed by atoms with Crippen LogP contribution >= 0.6 is 0 Å². The first kappa shape index (κ1) is 30.2. The monoisotopic (exact) mass is 611 g/mol. The van der Waals surface area contributed by atoms with Gasteiger partial charge in [0.2, 0.25) is 11.8 Å². The van der Waals surface area contributed by atoms with Gasteiger partial charge in [-0.25, -0.2) is 13.2 Å². The summed E-state index contributed by atoms with van der Waals surface area (Å²) in [6.45, 7) is 0.262. The van der Waals surface area contributed by atoms with Crippen LogP contribution in [0.15, 0.2) is 42.5 Å². The first-order chi connectivity index (χ1) is 20.5. The largest absolute Gasteiger partial charge is 0.484 e. The van der Waals surface area contributed by atoms with Crippen molar-refractivity contribution in [3.8, 4) is 5.75 Å². The summed E-state index contributed by atoms with van der Waals surface area (Å²) in [5, 5.41) is 2.03. The van der Waals surface area contributed by atoms with E-state index in [-0.39, 0.29) is 61.4 Å². The minimum absolute atomic E-state index is 0.0823. The van der Waals surface area contributed by atoms with Crippen molar-refractivity contribution in [3.63, 3.8) is 0 Å². The summed E-state index contributed by atoms with van der Waals surface area (Å²) < 4.78 is 93.1. The van der Waals surface area contributed by atoms with Gasteiger partial charge < -0.3 is 19.7 Å². The number of fused-ring (bicyclic) bond motifs is 2. The van der Waals surface area contributed by atoms with Crippen LogP contribution in [0.25, 0.3) is 0 Å². The van der Waals surface area contributed by atoms with Gasteiger partial charge in [0.15, 0.2) is 6.61 Å². The maximum atomic E-state index is 14.8. The molecule has 4 atom stereocenters. The molecule has 0 radical (unpaired) electrons. The number of hydrogen-bond acceptors (Lipinski definition) is 3. The zero-order valence-corrected chi connectivity index (χ0v) is 23.9. The third kappa shape index (κ3) is 5.99. The van der Waals surface area contributed by atoms with Gasteiger partial charge in [0.05, 0.1) is 31.7 Å². The zero-order chi connectivity index (χ0) is 30.4. The fourth-order valence-electron chi connectivity index (χ4n) is 8.01. The summed E-state index contributed by atoms with van der Waals surface area (Å²) in [5.41, 5.74) is 1.11. The van der Waals surface area contributed by atoms with E-state index in [0.29, 0.717) is 56.4 Å². The van der Waals surface area contributed by atoms with Crippen LogP contribution in [0.5, 0.6) is 5.75 Å². The van der Waals surface area contributed by atoms with Crippen molar-refractivity contribution in [1.82, 2.24) is 4.90 Å². The van der Waals surface area contributed by atoms with Crippen LogP contribution in [0.1, 0.15) is 61.1 Å². The molecule has 2 aromatic carbocycles. The summed E-state index contributed by atoms with van der Waals surface area (Å²) in [7, 11) is 0. The van der Waals surface area contributed by atoms with E-state index >= 15 is 0 Å². The SMILES string of the molecule is O=C([C@@H]1C[NH2+]C[C@]12COCc1c(OCC(F)(F)F)cccc12)N1CC[C@@H](c2ccccc2F)CC1C1CCC(F)(F)CC1. The van der Waals surface area contributed by atoms with E-state index in [9.17, 15) is 31.1 Å². The van der Waals surface area contributed by atoms with Crippen LogP contribution in [0, 0.1) is 17.7 Å². The number of ether oxygens (including phenoxy) is 2. The molecule has 1 unspecified atom stereocenters. The molecule has 3 aliphatic heterocycles. The molecule has 1 aliphatic carbocycles. The van der Waals surface area contributed by atoms with Crippen LogP contribution in [0.3, 0.4) is 0 Å². The van der Waals surface area contributed by atoms with Crippen molar-refractivity contribution < 1.29 is 45.9 Å². The second-order valence-corrected chi connectivity index (χ2v) is 12.7. The Morgan fingerprint density at radius 2 is 1.84 bits per heavy atom. The number of alkyl halides is 5. The number of carbonyl (C=O) groups is 1. The molecule has 1 saturated carbocycles. The molecule has 6 rings (SSSR count). The Bertz CT molecular complexity index is 1330. The van der Waals surface area contributed by atoms with Gasteiger partial charge in [-0.2, -0.15) is 13.2 Å². The first-order valence-electron chi connectivity index (χ1n) is 15.1. The highest BCUT2D eigenvalue weighted by Gasteiger charge is 2.56. The van der Waals surface area contributed by atoms with Crippen LogP contribution < -0.4 is 10.1 Å². The lowest BCUT2D eigenvalue weighted by Crippen LogP contribution is -2.82. The van der Waals surface area contributed by atoms with E-state index in [1.165, 1.54) is 12.1 Å². The van der Waals surface area contributed by atoms with Crippen LogP contribution in [-0.2, 0) is 21.6 Å². The summed E-state index contributed by atoms with van der Waals surface area (Å²) in [4.78, 5) is 16.4. The van der Waals surface area contributed by atoms with Gasteiger partial charge >= 0.3 is 6.18 Å². The van der Waals surface area contributed by atoms with E-state index in [2.05, 4.69) is 0 Å². The Balaban J connectivity index is 1.30. The molecule has 2 aromatic rings. The van der Waals surface area contributed by atoms with Gasteiger partial charge in [-0.1, -0.05) is 30.3 Å². The molecule has 2 saturated heterocycles.